The molecule has 4 rings (SSSR count). The number of carbonyl (C=O) groups is 2. The first kappa shape index (κ1) is 29.9. The van der Waals surface area contributed by atoms with Crippen LogP contribution >= 0.6 is 0 Å². The normalized spacial score (nSPS) is 14.0. The van der Waals surface area contributed by atoms with Crippen LogP contribution in [-0.4, -0.2) is 57.0 Å². The van der Waals surface area contributed by atoms with Crippen molar-refractivity contribution in [2.24, 2.45) is 0 Å². The number of benzene rings is 3. The minimum Gasteiger partial charge on any atom is -0.486 e. The van der Waals surface area contributed by atoms with E-state index < -0.39 is 34.3 Å². The Kier molecular flexibility index (Phi) is 9.49. The van der Waals surface area contributed by atoms with Crippen LogP contribution in [0.1, 0.15) is 32.8 Å². The molecule has 0 aromatic heterocycles. The van der Waals surface area contributed by atoms with Gasteiger partial charge in [0.05, 0.1) is 10.6 Å². The van der Waals surface area contributed by atoms with E-state index in [1.807, 2.05) is 44.2 Å². The minimum atomic E-state index is -4.34. The van der Waals surface area contributed by atoms with Crippen LogP contribution in [0.4, 0.5) is 10.1 Å². The Labute approximate surface area is 239 Å². The summed E-state index contributed by atoms with van der Waals surface area (Å²) in [5.74, 6) is -0.839. The molecule has 1 N–H and O–H groups in total. The minimum absolute atomic E-state index is 0.0795. The van der Waals surface area contributed by atoms with Crippen molar-refractivity contribution in [3.63, 3.8) is 0 Å². The van der Waals surface area contributed by atoms with Crippen LogP contribution in [-0.2, 0) is 26.2 Å². The third-order valence-corrected chi connectivity index (χ3v) is 8.63. The highest BCUT2D eigenvalue weighted by Gasteiger charge is 2.33. The van der Waals surface area contributed by atoms with Crippen molar-refractivity contribution < 1.29 is 31.9 Å². The summed E-state index contributed by atoms with van der Waals surface area (Å²) < 4.78 is 53.8. The molecule has 218 valence electrons. The van der Waals surface area contributed by atoms with E-state index in [4.69, 9.17) is 9.47 Å². The highest BCUT2D eigenvalue weighted by Crippen LogP contribution is 2.34. The van der Waals surface area contributed by atoms with Gasteiger partial charge in [-0.2, -0.15) is 0 Å². The molecule has 0 unspecified atom stereocenters. The van der Waals surface area contributed by atoms with Gasteiger partial charge in [0.15, 0.2) is 11.5 Å². The molecule has 0 fully saturated rings. The van der Waals surface area contributed by atoms with Crippen LogP contribution in [0.3, 0.4) is 0 Å². The Morgan fingerprint density at radius 3 is 2.27 bits per heavy atom. The lowest BCUT2D eigenvalue weighted by Gasteiger charge is -2.32. The standard InChI is InChI=1S/C30H34FN3O6S/c1-4-21(2)32-30(36)22(3)33(19-23-8-6-5-7-9-23)29(35)20-34(25-12-10-24(31)11-13-25)41(37,38)26-14-15-27-28(18-26)40-17-16-39-27/h5-15,18,21-22H,4,16-17,19-20H2,1-3H3,(H,32,36)/t21-,22+/m1/s1. The zero-order valence-electron chi connectivity index (χ0n) is 23.2. The zero-order valence-corrected chi connectivity index (χ0v) is 24.1. The summed E-state index contributed by atoms with van der Waals surface area (Å²) in [6.45, 7) is 5.47. The molecule has 0 saturated heterocycles. The number of hydrogen-bond donors (Lipinski definition) is 1. The molecule has 0 radical (unpaired) electrons. The molecule has 11 heteroatoms. The van der Waals surface area contributed by atoms with Crippen LogP contribution in [0.25, 0.3) is 0 Å². The van der Waals surface area contributed by atoms with Crippen molar-refractivity contribution in [2.45, 2.75) is 50.7 Å². The van der Waals surface area contributed by atoms with Crippen LogP contribution in [0.5, 0.6) is 11.5 Å². The third kappa shape index (κ3) is 7.15. The number of anilines is 1. The van der Waals surface area contributed by atoms with Gasteiger partial charge >= 0.3 is 0 Å². The van der Waals surface area contributed by atoms with Gasteiger partial charge in [-0.3, -0.25) is 13.9 Å². The first-order chi connectivity index (χ1) is 19.6. The number of rotatable bonds is 11. The molecule has 3 aromatic rings. The van der Waals surface area contributed by atoms with E-state index in [1.54, 1.807) is 6.92 Å². The maximum absolute atomic E-state index is 14.0. The molecule has 1 heterocycles. The van der Waals surface area contributed by atoms with E-state index in [0.29, 0.717) is 18.8 Å². The summed E-state index contributed by atoms with van der Waals surface area (Å²) >= 11 is 0. The molecule has 1 aliphatic rings. The molecule has 0 aliphatic carbocycles. The lowest BCUT2D eigenvalue weighted by atomic mass is 10.1. The lowest BCUT2D eigenvalue weighted by molar-refractivity contribution is -0.139. The number of carbonyl (C=O) groups excluding carboxylic acids is 2. The summed E-state index contributed by atoms with van der Waals surface area (Å²) in [7, 11) is -4.34. The SMILES string of the molecule is CC[C@@H](C)NC(=O)[C@H](C)N(Cc1ccccc1)C(=O)CN(c1ccc(F)cc1)S(=O)(=O)c1ccc2c(c1)OCCO2. The number of amides is 2. The van der Waals surface area contributed by atoms with Gasteiger partial charge in [-0.25, -0.2) is 12.8 Å². The topological polar surface area (TPSA) is 105 Å². The number of fused-ring (bicyclic) bond motifs is 1. The molecule has 3 aromatic carbocycles. The summed E-state index contributed by atoms with van der Waals surface area (Å²) in [5, 5.41) is 2.89. The molecular formula is C30H34FN3O6S. The average molecular weight is 584 g/mol. The molecule has 0 bridgehead atoms. The Bertz CT molecular complexity index is 1470. The molecule has 1 aliphatic heterocycles. The summed E-state index contributed by atoms with van der Waals surface area (Å²) in [6.07, 6.45) is 0.706. The van der Waals surface area contributed by atoms with E-state index >= 15 is 0 Å². The number of hydrogen-bond acceptors (Lipinski definition) is 6. The van der Waals surface area contributed by atoms with Crippen molar-refractivity contribution in [3.05, 3.63) is 84.2 Å². The Morgan fingerprint density at radius 1 is 0.951 bits per heavy atom. The first-order valence-electron chi connectivity index (χ1n) is 13.4. The fourth-order valence-electron chi connectivity index (χ4n) is 4.28. The van der Waals surface area contributed by atoms with E-state index in [-0.39, 0.29) is 41.4 Å². The van der Waals surface area contributed by atoms with E-state index in [1.165, 1.54) is 35.2 Å². The molecule has 2 atom stereocenters. The second-order valence-electron chi connectivity index (χ2n) is 9.79. The van der Waals surface area contributed by atoms with E-state index in [9.17, 15) is 22.4 Å². The Morgan fingerprint density at radius 2 is 1.61 bits per heavy atom. The monoisotopic (exact) mass is 583 g/mol. The predicted octanol–water partition coefficient (Wildman–Crippen LogP) is 4.12. The van der Waals surface area contributed by atoms with Crippen molar-refractivity contribution in [1.82, 2.24) is 10.2 Å². The van der Waals surface area contributed by atoms with E-state index in [2.05, 4.69) is 5.32 Å². The predicted molar refractivity (Wildman–Crippen MR) is 153 cm³/mol. The van der Waals surface area contributed by atoms with Gasteiger partial charge in [-0.05, 0) is 62.2 Å². The van der Waals surface area contributed by atoms with Crippen molar-refractivity contribution in [2.75, 3.05) is 24.1 Å². The lowest BCUT2D eigenvalue weighted by Crippen LogP contribution is -2.52. The molecule has 2 amide bonds. The third-order valence-electron chi connectivity index (χ3n) is 6.86. The quantitative estimate of drug-likeness (QED) is 0.364. The number of halogens is 1. The maximum atomic E-state index is 14.0. The van der Waals surface area contributed by atoms with Gasteiger partial charge in [0.1, 0.15) is 31.6 Å². The second-order valence-corrected chi connectivity index (χ2v) is 11.7. The van der Waals surface area contributed by atoms with Crippen LogP contribution < -0.4 is 19.1 Å². The van der Waals surface area contributed by atoms with E-state index in [0.717, 1.165) is 22.0 Å². The van der Waals surface area contributed by atoms with Crippen molar-refractivity contribution in [1.29, 1.82) is 0 Å². The molecular weight excluding hydrogens is 549 g/mol. The Hall–Kier alpha value is -4.12. The van der Waals surface area contributed by atoms with Crippen LogP contribution in [0.15, 0.2) is 77.7 Å². The second kappa shape index (κ2) is 13.0. The molecule has 0 saturated carbocycles. The van der Waals surface area contributed by atoms with Crippen LogP contribution in [0.2, 0.25) is 0 Å². The molecule has 9 nitrogen and oxygen atoms in total. The summed E-state index contributed by atoms with van der Waals surface area (Å²) in [4.78, 5) is 28.2. The average Bonchev–Trinajstić information content (AvgIpc) is 2.98. The van der Waals surface area contributed by atoms with Crippen molar-refractivity contribution in [3.8, 4) is 11.5 Å². The highest BCUT2D eigenvalue weighted by atomic mass is 32.2. The number of sulfonamides is 1. The largest absolute Gasteiger partial charge is 0.486 e. The molecule has 0 spiro atoms. The van der Waals surface area contributed by atoms with Gasteiger partial charge in [0, 0.05) is 18.7 Å². The number of nitrogens with one attached hydrogen (secondary N) is 1. The number of nitrogens with zero attached hydrogens (tertiary/aromatic N) is 2. The van der Waals surface area contributed by atoms with Gasteiger partial charge in [-0.15, -0.1) is 0 Å². The van der Waals surface area contributed by atoms with Crippen LogP contribution in [0, 0.1) is 5.82 Å². The zero-order chi connectivity index (χ0) is 29.6. The fourth-order valence-corrected chi connectivity index (χ4v) is 5.71. The maximum Gasteiger partial charge on any atom is 0.264 e. The van der Waals surface area contributed by atoms with Gasteiger partial charge in [0.25, 0.3) is 10.0 Å². The molecule has 41 heavy (non-hydrogen) atoms. The summed E-state index contributed by atoms with van der Waals surface area (Å²) in [6, 6.07) is 17.1. The number of ether oxygens (including phenoxy) is 2. The van der Waals surface area contributed by atoms with Gasteiger partial charge < -0.3 is 19.7 Å². The smallest absolute Gasteiger partial charge is 0.264 e. The first-order valence-corrected chi connectivity index (χ1v) is 14.9. The van der Waals surface area contributed by atoms with Gasteiger partial charge in [-0.1, -0.05) is 37.3 Å². The Balaban J connectivity index is 1.70. The van der Waals surface area contributed by atoms with Gasteiger partial charge in [0.2, 0.25) is 11.8 Å². The summed E-state index contributed by atoms with van der Waals surface area (Å²) in [5.41, 5.74) is 0.859. The fraction of sp³-hybridized carbons (Fsp3) is 0.333. The highest BCUT2D eigenvalue weighted by molar-refractivity contribution is 7.92. The van der Waals surface area contributed by atoms with Crippen molar-refractivity contribution >= 4 is 27.5 Å².